The van der Waals surface area contributed by atoms with Crippen molar-refractivity contribution in [3.05, 3.63) is 34.3 Å². The first kappa shape index (κ1) is 14.7. The molecule has 8 nitrogen and oxygen atoms in total. The van der Waals surface area contributed by atoms with Crippen LogP contribution >= 0.6 is 11.3 Å². The van der Waals surface area contributed by atoms with E-state index in [0.717, 1.165) is 4.88 Å². The first-order valence-corrected chi connectivity index (χ1v) is 7.53. The summed E-state index contributed by atoms with van der Waals surface area (Å²) in [6, 6.07) is 3.89. The number of nitrogens with zero attached hydrogens (tertiary/aromatic N) is 3. The van der Waals surface area contributed by atoms with E-state index in [2.05, 4.69) is 15.6 Å². The molecule has 1 saturated heterocycles. The molecule has 1 atom stereocenters. The number of amides is 1. The number of aliphatic carboxylic acids is 1. The molecule has 0 radical (unpaired) electrons. The number of carboxylic acids is 1. The van der Waals surface area contributed by atoms with Crippen LogP contribution in [0.3, 0.4) is 0 Å². The Kier molecular flexibility index (Phi) is 3.90. The molecule has 1 amide bonds. The molecule has 3 heterocycles. The molecule has 9 heteroatoms. The highest BCUT2D eigenvalue weighted by atomic mass is 32.1. The lowest BCUT2D eigenvalue weighted by atomic mass is 9.99. The molecule has 1 aliphatic rings. The summed E-state index contributed by atoms with van der Waals surface area (Å²) in [6.07, 6.45) is 1.73. The third kappa shape index (κ3) is 2.85. The number of hydrogen-bond acceptors (Lipinski definition) is 6. The molecule has 0 bridgehead atoms. The molecule has 0 saturated carbocycles. The molecule has 2 aromatic heterocycles. The van der Waals surface area contributed by atoms with Gasteiger partial charge in [0.05, 0.1) is 19.3 Å². The Bertz CT molecular complexity index is 676. The predicted molar refractivity (Wildman–Crippen MR) is 76.7 cm³/mol. The fourth-order valence-corrected chi connectivity index (χ4v) is 2.90. The fraction of sp³-hybridized carbons (Fsp3) is 0.385. The van der Waals surface area contributed by atoms with Gasteiger partial charge in [0.25, 0.3) is 5.91 Å². The number of carbonyl (C=O) groups excluding carboxylic acids is 1. The Morgan fingerprint density at radius 1 is 1.55 bits per heavy atom. The van der Waals surface area contributed by atoms with Gasteiger partial charge in [0.2, 0.25) is 0 Å². The van der Waals surface area contributed by atoms with Gasteiger partial charge in [0.15, 0.2) is 11.2 Å². The van der Waals surface area contributed by atoms with Crippen molar-refractivity contribution in [1.82, 2.24) is 20.3 Å². The maximum atomic E-state index is 12.2. The summed E-state index contributed by atoms with van der Waals surface area (Å²) < 4.78 is 6.64. The zero-order valence-corrected chi connectivity index (χ0v) is 12.4. The number of aromatic nitrogens is 3. The van der Waals surface area contributed by atoms with Gasteiger partial charge in [-0.1, -0.05) is 11.3 Å². The van der Waals surface area contributed by atoms with Crippen LogP contribution in [-0.2, 0) is 16.1 Å². The molecule has 116 valence electrons. The van der Waals surface area contributed by atoms with E-state index >= 15 is 0 Å². The summed E-state index contributed by atoms with van der Waals surface area (Å²) in [5, 5.41) is 21.4. The van der Waals surface area contributed by atoms with Crippen molar-refractivity contribution in [3.8, 4) is 0 Å². The van der Waals surface area contributed by atoms with E-state index < -0.39 is 17.4 Å². The van der Waals surface area contributed by atoms with E-state index in [9.17, 15) is 14.7 Å². The molecular weight excluding hydrogens is 308 g/mol. The van der Waals surface area contributed by atoms with Crippen LogP contribution in [0.15, 0.2) is 23.7 Å². The van der Waals surface area contributed by atoms with E-state index in [1.165, 1.54) is 6.20 Å². The summed E-state index contributed by atoms with van der Waals surface area (Å²) in [5.74, 6) is -1.67. The van der Waals surface area contributed by atoms with Crippen LogP contribution in [0.25, 0.3) is 0 Å². The molecule has 0 aliphatic carbocycles. The number of carbonyl (C=O) groups is 2. The zero-order chi connectivity index (χ0) is 15.6. The van der Waals surface area contributed by atoms with Gasteiger partial charge in [0.1, 0.15) is 0 Å². The van der Waals surface area contributed by atoms with Crippen molar-refractivity contribution >= 4 is 23.2 Å². The zero-order valence-electron chi connectivity index (χ0n) is 11.6. The van der Waals surface area contributed by atoms with E-state index in [1.807, 2.05) is 17.5 Å². The minimum absolute atomic E-state index is 0.0442. The van der Waals surface area contributed by atoms with Crippen molar-refractivity contribution in [1.29, 1.82) is 0 Å². The topological polar surface area (TPSA) is 106 Å². The minimum atomic E-state index is -1.38. The number of nitrogens with one attached hydrogen (secondary N) is 1. The van der Waals surface area contributed by atoms with E-state index in [4.69, 9.17) is 4.74 Å². The molecule has 22 heavy (non-hydrogen) atoms. The highest BCUT2D eigenvalue weighted by Crippen LogP contribution is 2.19. The quantitative estimate of drug-likeness (QED) is 0.823. The molecule has 0 spiro atoms. The second-order valence-corrected chi connectivity index (χ2v) is 6.06. The van der Waals surface area contributed by atoms with Crippen LogP contribution in [0, 0.1) is 0 Å². The molecule has 1 aliphatic heterocycles. The monoisotopic (exact) mass is 322 g/mol. The smallest absolute Gasteiger partial charge is 0.331 e. The van der Waals surface area contributed by atoms with Crippen molar-refractivity contribution < 1.29 is 19.4 Å². The van der Waals surface area contributed by atoms with E-state index in [1.54, 1.807) is 16.0 Å². The molecule has 1 unspecified atom stereocenters. The second-order valence-electron chi connectivity index (χ2n) is 5.02. The van der Waals surface area contributed by atoms with Gasteiger partial charge in [0, 0.05) is 17.9 Å². The summed E-state index contributed by atoms with van der Waals surface area (Å²) in [6.45, 7) is 0.778. The maximum absolute atomic E-state index is 12.2. The molecular formula is C13H14N4O4S. The lowest BCUT2D eigenvalue weighted by Crippen LogP contribution is -2.55. The van der Waals surface area contributed by atoms with Crippen molar-refractivity contribution in [2.45, 2.75) is 18.5 Å². The van der Waals surface area contributed by atoms with Gasteiger partial charge in [-0.05, 0) is 11.4 Å². The summed E-state index contributed by atoms with van der Waals surface area (Å²) in [4.78, 5) is 24.6. The Morgan fingerprint density at radius 3 is 3.05 bits per heavy atom. The largest absolute Gasteiger partial charge is 0.479 e. The number of thiophene rings is 1. The van der Waals surface area contributed by atoms with Gasteiger partial charge in [-0.3, -0.25) is 4.79 Å². The number of hydrogen-bond donors (Lipinski definition) is 2. The minimum Gasteiger partial charge on any atom is -0.479 e. The molecule has 2 aromatic rings. The lowest BCUT2D eigenvalue weighted by Gasteiger charge is -2.22. The highest BCUT2D eigenvalue weighted by molar-refractivity contribution is 7.09. The van der Waals surface area contributed by atoms with Crippen LogP contribution < -0.4 is 5.32 Å². The number of carboxylic acid groups (broad SMARTS) is 1. The van der Waals surface area contributed by atoms with E-state index in [-0.39, 0.29) is 18.7 Å². The van der Waals surface area contributed by atoms with Gasteiger partial charge in [-0.25, -0.2) is 9.48 Å². The Labute approximate surface area is 129 Å². The van der Waals surface area contributed by atoms with E-state index in [0.29, 0.717) is 13.2 Å². The number of rotatable bonds is 5. The average Bonchev–Trinajstić information content (AvgIpc) is 3.20. The molecule has 3 rings (SSSR count). The van der Waals surface area contributed by atoms with Gasteiger partial charge in [-0.2, -0.15) is 0 Å². The molecule has 1 fully saturated rings. The highest BCUT2D eigenvalue weighted by Gasteiger charge is 2.44. The first-order valence-electron chi connectivity index (χ1n) is 6.65. The fourth-order valence-electron chi connectivity index (χ4n) is 2.21. The third-order valence-electron chi connectivity index (χ3n) is 3.45. The first-order chi connectivity index (χ1) is 10.6. The van der Waals surface area contributed by atoms with Gasteiger partial charge in [-0.15, -0.1) is 16.4 Å². The van der Waals surface area contributed by atoms with Crippen LogP contribution in [0.4, 0.5) is 0 Å². The SMILES string of the molecule is O=C(NC1(C(=O)O)CCOC1)c1cn(Cc2cccs2)nn1. The van der Waals surface area contributed by atoms with Crippen LogP contribution in [0.1, 0.15) is 21.8 Å². The molecule has 0 aromatic carbocycles. The van der Waals surface area contributed by atoms with Crippen molar-refractivity contribution in [3.63, 3.8) is 0 Å². The third-order valence-corrected chi connectivity index (χ3v) is 4.31. The molecule has 2 N–H and O–H groups in total. The number of ether oxygens (including phenoxy) is 1. The summed E-state index contributed by atoms with van der Waals surface area (Å²) in [5.41, 5.74) is -1.29. The van der Waals surface area contributed by atoms with Gasteiger partial charge >= 0.3 is 5.97 Å². The predicted octanol–water partition coefficient (Wildman–Crippen LogP) is 0.361. The Balaban J connectivity index is 1.70. The summed E-state index contributed by atoms with van der Waals surface area (Å²) >= 11 is 1.58. The van der Waals surface area contributed by atoms with Crippen LogP contribution in [-0.4, -0.2) is 50.7 Å². The second kappa shape index (κ2) is 5.85. The Morgan fingerprint density at radius 2 is 2.41 bits per heavy atom. The van der Waals surface area contributed by atoms with Crippen LogP contribution in [0.5, 0.6) is 0 Å². The van der Waals surface area contributed by atoms with Crippen molar-refractivity contribution in [2.24, 2.45) is 0 Å². The maximum Gasteiger partial charge on any atom is 0.331 e. The average molecular weight is 322 g/mol. The van der Waals surface area contributed by atoms with Crippen molar-refractivity contribution in [2.75, 3.05) is 13.2 Å². The standard InChI is InChI=1S/C13H14N4O4S/c18-11(14-13(12(19)20)3-4-21-8-13)10-7-17(16-15-10)6-9-2-1-5-22-9/h1-2,5,7H,3-4,6,8H2,(H,14,18)(H,19,20). The Hall–Kier alpha value is -2.26. The lowest BCUT2D eigenvalue weighted by molar-refractivity contribution is -0.144. The van der Waals surface area contributed by atoms with Gasteiger partial charge < -0.3 is 15.2 Å². The van der Waals surface area contributed by atoms with Crippen LogP contribution in [0.2, 0.25) is 0 Å². The summed E-state index contributed by atoms with van der Waals surface area (Å²) in [7, 11) is 0. The normalized spacial score (nSPS) is 20.9.